The van der Waals surface area contributed by atoms with Gasteiger partial charge in [0.2, 0.25) is 5.91 Å². The summed E-state index contributed by atoms with van der Waals surface area (Å²) in [5.74, 6) is 0.603. The van der Waals surface area contributed by atoms with Crippen LogP contribution in [-0.2, 0) is 4.79 Å². The van der Waals surface area contributed by atoms with Crippen molar-refractivity contribution in [3.05, 3.63) is 48.2 Å². The van der Waals surface area contributed by atoms with Gasteiger partial charge in [-0.25, -0.2) is 4.52 Å². The van der Waals surface area contributed by atoms with Gasteiger partial charge in [-0.1, -0.05) is 6.07 Å². The minimum Gasteiger partial charge on any atom is -0.492 e. The van der Waals surface area contributed by atoms with E-state index < -0.39 is 6.10 Å². The topological polar surface area (TPSA) is 114 Å². The second-order valence-electron chi connectivity index (χ2n) is 5.72. The molecule has 0 aliphatic carbocycles. The minimum absolute atomic E-state index is 0.111. The first-order chi connectivity index (χ1) is 12.6. The summed E-state index contributed by atoms with van der Waals surface area (Å²) in [4.78, 5) is 11.0. The van der Waals surface area contributed by atoms with Gasteiger partial charge in [-0.2, -0.15) is 0 Å². The Morgan fingerprint density at radius 3 is 2.85 bits per heavy atom. The Labute approximate surface area is 150 Å². The van der Waals surface area contributed by atoms with Crippen LogP contribution in [-0.4, -0.2) is 50.8 Å². The molecule has 0 unspecified atom stereocenters. The van der Waals surface area contributed by atoms with Crippen molar-refractivity contribution in [3.63, 3.8) is 0 Å². The molecule has 1 amide bonds. The molecule has 136 valence electrons. The Hall–Kier alpha value is -3.04. The quantitative estimate of drug-likeness (QED) is 0.511. The van der Waals surface area contributed by atoms with Crippen molar-refractivity contribution in [1.82, 2.24) is 25.4 Å². The van der Waals surface area contributed by atoms with E-state index in [1.807, 2.05) is 0 Å². The molecule has 0 aliphatic heterocycles. The fraction of sp³-hybridized carbons (Fsp3) is 0.294. The van der Waals surface area contributed by atoms with Gasteiger partial charge < -0.3 is 20.5 Å². The zero-order valence-electron chi connectivity index (χ0n) is 14.3. The normalized spacial score (nSPS) is 12.1. The van der Waals surface area contributed by atoms with Crippen molar-refractivity contribution in [2.75, 3.05) is 25.0 Å². The molecular weight excluding hydrogens is 336 g/mol. The third kappa shape index (κ3) is 4.74. The van der Waals surface area contributed by atoms with Gasteiger partial charge in [-0.3, -0.25) is 4.79 Å². The van der Waals surface area contributed by atoms with E-state index in [1.54, 1.807) is 42.6 Å². The van der Waals surface area contributed by atoms with Gasteiger partial charge in [-0.05, 0) is 40.8 Å². The number of aliphatic hydroxyl groups excluding tert-OH is 1. The van der Waals surface area contributed by atoms with E-state index in [0.29, 0.717) is 31.1 Å². The summed E-state index contributed by atoms with van der Waals surface area (Å²) in [5, 5.41) is 27.2. The van der Waals surface area contributed by atoms with E-state index in [2.05, 4.69) is 26.2 Å². The Balaban J connectivity index is 1.39. The molecule has 9 nitrogen and oxygen atoms in total. The highest BCUT2D eigenvalue weighted by Gasteiger charge is 2.09. The number of benzene rings is 1. The maximum Gasteiger partial charge on any atom is 0.221 e. The lowest BCUT2D eigenvalue weighted by Crippen LogP contribution is -2.26. The van der Waals surface area contributed by atoms with Crippen molar-refractivity contribution < 1.29 is 14.6 Å². The van der Waals surface area contributed by atoms with Gasteiger partial charge in [0.05, 0.1) is 6.10 Å². The highest BCUT2D eigenvalue weighted by atomic mass is 16.5. The van der Waals surface area contributed by atoms with Gasteiger partial charge in [0.25, 0.3) is 0 Å². The van der Waals surface area contributed by atoms with Crippen LogP contribution >= 0.6 is 0 Å². The highest BCUT2D eigenvalue weighted by Crippen LogP contribution is 2.15. The molecule has 1 atom stereocenters. The number of amides is 1. The first-order valence-corrected chi connectivity index (χ1v) is 8.19. The van der Waals surface area contributed by atoms with Crippen molar-refractivity contribution in [3.8, 4) is 5.75 Å². The van der Waals surface area contributed by atoms with E-state index in [9.17, 15) is 9.90 Å². The van der Waals surface area contributed by atoms with Crippen LogP contribution in [0.15, 0.2) is 42.6 Å². The zero-order chi connectivity index (χ0) is 18.4. The molecule has 2 aromatic heterocycles. The van der Waals surface area contributed by atoms with Gasteiger partial charge in [-0.15, -0.1) is 5.10 Å². The molecule has 9 heteroatoms. The van der Waals surface area contributed by atoms with Gasteiger partial charge in [0, 0.05) is 37.5 Å². The summed E-state index contributed by atoms with van der Waals surface area (Å²) >= 11 is 0. The second-order valence-corrected chi connectivity index (χ2v) is 5.72. The minimum atomic E-state index is -0.666. The molecule has 3 aromatic rings. The van der Waals surface area contributed by atoms with Crippen LogP contribution in [0.1, 0.15) is 18.6 Å². The van der Waals surface area contributed by atoms with E-state index >= 15 is 0 Å². The first-order valence-electron chi connectivity index (χ1n) is 8.19. The number of tetrazole rings is 1. The molecule has 0 fully saturated rings. The van der Waals surface area contributed by atoms with Gasteiger partial charge in [0.1, 0.15) is 12.4 Å². The van der Waals surface area contributed by atoms with Crippen molar-refractivity contribution >= 4 is 17.2 Å². The predicted octanol–water partition coefficient (Wildman–Crippen LogP) is 0.785. The number of rotatable bonds is 8. The molecule has 0 bridgehead atoms. The summed E-state index contributed by atoms with van der Waals surface area (Å²) < 4.78 is 7.13. The highest BCUT2D eigenvalue weighted by molar-refractivity contribution is 5.88. The number of hydrogen-bond donors (Lipinski definition) is 3. The molecule has 26 heavy (non-hydrogen) atoms. The predicted molar refractivity (Wildman–Crippen MR) is 94.9 cm³/mol. The average Bonchev–Trinajstić information content (AvgIpc) is 3.10. The lowest BCUT2D eigenvalue weighted by Gasteiger charge is -2.13. The van der Waals surface area contributed by atoms with E-state index in [0.717, 1.165) is 11.3 Å². The molecular formula is C17H20N6O3. The maximum absolute atomic E-state index is 11.0. The average molecular weight is 356 g/mol. The summed E-state index contributed by atoms with van der Waals surface area (Å²) in [7, 11) is 0. The Morgan fingerprint density at radius 2 is 2.08 bits per heavy atom. The first kappa shape index (κ1) is 17.8. The Bertz CT molecular complexity index is 864. The molecule has 1 aromatic carbocycles. The van der Waals surface area contributed by atoms with Crippen LogP contribution in [0.3, 0.4) is 0 Å². The number of carbonyl (C=O) groups excluding carboxylic acids is 1. The summed E-state index contributed by atoms with van der Waals surface area (Å²) in [6.45, 7) is 2.89. The summed E-state index contributed by atoms with van der Waals surface area (Å²) in [6.07, 6.45) is 1.04. The number of nitrogens with zero attached hydrogens (tertiary/aromatic N) is 4. The lowest BCUT2D eigenvalue weighted by molar-refractivity contribution is -0.114. The number of pyridine rings is 1. The molecule has 0 saturated heterocycles. The molecule has 0 aliphatic rings. The van der Waals surface area contributed by atoms with Crippen LogP contribution in [0.4, 0.5) is 5.69 Å². The molecule has 0 spiro atoms. The van der Waals surface area contributed by atoms with E-state index in [-0.39, 0.29) is 5.91 Å². The molecule has 0 radical (unpaired) electrons. The molecule has 3 N–H and O–H groups in total. The molecule has 3 rings (SSSR count). The number of fused-ring (bicyclic) bond motifs is 1. The van der Waals surface area contributed by atoms with Gasteiger partial charge in [0.15, 0.2) is 5.65 Å². The van der Waals surface area contributed by atoms with Gasteiger partial charge >= 0.3 is 0 Å². The van der Waals surface area contributed by atoms with Crippen LogP contribution in [0.2, 0.25) is 0 Å². The zero-order valence-corrected chi connectivity index (χ0v) is 14.3. The number of hydrogen-bond acceptors (Lipinski definition) is 7. The fourth-order valence-electron chi connectivity index (χ4n) is 2.39. The third-order valence-electron chi connectivity index (χ3n) is 3.66. The summed E-state index contributed by atoms with van der Waals surface area (Å²) in [6, 6.07) is 10.7. The fourth-order valence-corrected chi connectivity index (χ4v) is 2.39. The number of ether oxygens (including phenoxy) is 1. The van der Waals surface area contributed by atoms with Crippen molar-refractivity contribution in [1.29, 1.82) is 0 Å². The maximum atomic E-state index is 11.0. The Kier molecular flexibility index (Phi) is 5.72. The van der Waals surface area contributed by atoms with Crippen molar-refractivity contribution in [2.24, 2.45) is 0 Å². The van der Waals surface area contributed by atoms with Crippen molar-refractivity contribution in [2.45, 2.75) is 13.0 Å². The number of aromatic nitrogens is 4. The Morgan fingerprint density at radius 1 is 1.27 bits per heavy atom. The second kappa shape index (κ2) is 8.37. The van der Waals surface area contributed by atoms with Crippen LogP contribution in [0, 0.1) is 0 Å². The smallest absolute Gasteiger partial charge is 0.221 e. The van der Waals surface area contributed by atoms with E-state index in [1.165, 1.54) is 11.4 Å². The number of nitrogens with one attached hydrogen (secondary N) is 2. The van der Waals surface area contributed by atoms with E-state index in [4.69, 9.17) is 4.74 Å². The van der Waals surface area contributed by atoms with Crippen LogP contribution in [0.5, 0.6) is 5.75 Å². The number of aliphatic hydroxyl groups is 1. The SMILES string of the molecule is CC(=O)Nc1ccc(OCCNC[C@H](O)c2ccc3nnnn3c2)cc1. The number of anilines is 1. The van der Waals surface area contributed by atoms with Crippen LogP contribution in [0.25, 0.3) is 5.65 Å². The lowest BCUT2D eigenvalue weighted by atomic mass is 10.1. The standard InChI is InChI=1S/C17H20N6O3/c1-12(24)19-14-3-5-15(6-4-14)26-9-8-18-10-16(25)13-2-7-17-20-21-22-23(17)11-13/h2-7,11,16,18,25H,8-10H2,1H3,(H,19,24)/t16-/m0/s1. The molecule has 0 saturated carbocycles. The summed E-state index contributed by atoms with van der Waals surface area (Å²) in [5.41, 5.74) is 2.09. The largest absolute Gasteiger partial charge is 0.492 e. The number of carbonyl (C=O) groups is 1. The molecule has 2 heterocycles. The third-order valence-corrected chi connectivity index (χ3v) is 3.66. The monoisotopic (exact) mass is 356 g/mol. The van der Waals surface area contributed by atoms with Crippen LogP contribution < -0.4 is 15.4 Å².